The van der Waals surface area contributed by atoms with Crippen LogP contribution in [0.25, 0.3) is 11.3 Å². The number of pyridine rings is 1. The smallest absolute Gasteiger partial charge is 0.327 e. The quantitative estimate of drug-likeness (QED) is 0.667. The summed E-state index contributed by atoms with van der Waals surface area (Å²) in [4.78, 5) is 19.0. The number of ether oxygens (including phenoxy) is 1. The SMILES string of the molecule is CS(=O)(=O)Nc1ccc(-c2ccc3c(n2)N(C(=O)Nc2ccccc2)CCO3)cc1. The van der Waals surface area contributed by atoms with E-state index in [9.17, 15) is 13.2 Å². The molecule has 1 aliphatic rings. The molecule has 0 bridgehead atoms. The molecule has 0 spiro atoms. The molecule has 1 aromatic heterocycles. The number of aromatic nitrogens is 1. The fourth-order valence-electron chi connectivity index (χ4n) is 3.09. The first-order chi connectivity index (χ1) is 14.4. The normalized spacial score (nSPS) is 13.2. The number of hydrogen-bond acceptors (Lipinski definition) is 5. The van der Waals surface area contributed by atoms with Gasteiger partial charge in [-0.15, -0.1) is 0 Å². The van der Waals surface area contributed by atoms with E-state index in [1.54, 1.807) is 41.3 Å². The van der Waals surface area contributed by atoms with E-state index in [2.05, 4.69) is 15.0 Å². The summed E-state index contributed by atoms with van der Waals surface area (Å²) in [5, 5.41) is 2.87. The Kier molecular flexibility index (Phi) is 5.28. The first-order valence-corrected chi connectivity index (χ1v) is 11.1. The summed E-state index contributed by atoms with van der Waals surface area (Å²) in [6, 6.07) is 19.3. The Labute approximate surface area is 174 Å². The standard InChI is InChI=1S/C21H20N4O4S/c1-30(27,28)24-17-9-7-15(8-10-17)18-11-12-19-20(23-18)25(13-14-29-19)21(26)22-16-5-3-2-4-6-16/h2-12,24H,13-14H2,1H3,(H,22,26). The molecule has 2 N–H and O–H groups in total. The predicted molar refractivity (Wildman–Crippen MR) is 116 cm³/mol. The monoisotopic (exact) mass is 424 g/mol. The van der Waals surface area contributed by atoms with Gasteiger partial charge in [0.1, 0.15) is 6.61 Å². The Morgan fingerprint density at radius 1 is 1.00 bits per heavy atom. The van der Waals surface area contributed by atoms with Crippen LogP contribution in [0, 0.1) is 0 Å². The number of carbonyl (C=O) groups excluding carboxylic acids is 1. The summed E-state index contributed by atoms with van der Waals surface area (Å²) in [7, 11) is -3.34. The van der Waals surface area contributed by atoms with Crippen molar-refractivity contribution in [1.29, 1.82) is 0 Å². The Morgan fingerprint density at radius 2 is 1.73 bits per heavy atom. The topological polar surface area (TPSA) is 101 Å². The number of para-hydroxylation sites is 1. The summed E-state index contributed by atoms with van der Waals surface area (Å²) in [5.74, 6) is 0.967. The lowest BCUT2D eigenvalue weighted by Crippen LogP contribution is -2.41. The minimum absolute atomic E-state index is 0.289. The molecule has 154 valence electrons. The molecule has 9 heteroatoms. The van der Waals surface area contributed by atoms with Gasteiger partial charge in [-0.1, -0.05) is 30.3 Å². The van der Waals surface area contributed by atoms with Gasteiger partial charge in [0.25, 0.3) is 0 Å². The van der Waals surface area contributed by atoms with Gasteiger partial charge >= 0.3 is 6.03 Å². The van der Waals surface area contributed by atoms with Gasteiger partial charge in [0.05, 0.1) is 18.5 Å². The summed E-state index contributed by atoms with van der Waals surface area (Å²) in [5.41, 5.74) is 2.58. The van der Waals surface area contributed by atoms with Crippen LogP contribution in [-0.4, -0.2) is 38.8 Å². The van der Waals surface area contributed by atoms with Crippen LogP contribution in [0.2, 0.25) is 0 Å². The van der Waals surface area contributed by atoms with Gasteiger partial charge in [0.15, 0.2) is 11.6 Å². The maximum Gasteiger partial charge on any atom is 0.327 e. The highest BCUT2D eigenvalue weighted by Gasteiger charge is 2.26. The molecule has 8 nitrogen and oxygen atoms in total. The van der Waals surface area contributed by atoms with Crippen molar-refractivity contribution < 1.29 is 17.9 Å². The lowest BCUT2D eigenvalue weighted by molar-refractivity contribution is 0.249. The van der Waals surface area contributed by atoms with E-state index in [-0.39, 0.29) is 6.03 Å². The third-order valence-corrected chi connectivity index (χ3v) is 5.03. The second-order valence-corrected chi connectivity index (χ2v) is 8.51. The lowest BCUT2D eigenvalue weighted by atomic mass is 10.1. The zero-order valence-electron chi connectivity index (χ0n) is 16.2. The molecular formula is C21H20N4O4S. The molecule has 0 unspecified atom stereocenters. The minimum atomic E-state index is -3.34. The number of benzene rings is 2. The Hall–Kier alpha value is -3.59. The van der Waals surface area contributed by atoms with Crippen LogP contribution in [0.5, 0.6) is 5.75 Å². The maximum absolute atomic E-state index is 12.8. The molecule has 2 aromatic carbocycles. The fraction of sp³-hybridized carbons (Fsp3) is 0.143. The number of nitrogens with one attached hydrogen (secondary N) is 2. The number of anilines is 3. The molecule has 30 heavy (non-hydrogen) atoms. The van der Waals surface area contributed by atoms with Gasteiger partial charge in [-0.25, -0.2) is 18.2 Å². The average molecular weight is 424 g/mol. The number of carbonyl (C=O) groups is 1. The van der Waals surface area contributed by atoms with E-state index in [0.717, 1.165) is 11.8 Å². The van der Waals surface area contributed by atoms with Gasteiger partial charge in [0, 0.05) is 16.9 Å². The first-order valence-electron chi connectivity index (χ1n) is 9.25. The van der Waals surface area contributed by atoms with Gasteiger partial charge in [0.2, 0.25) is 10.0 Å². The fourth-order valence-corrected chi connectivity index (χ4v) is 3.65. The number of hydrogen-bond donors (Lipinski definition) is 2. The van der Waals surface area contributed by atoms with E-state index in [1.165, 1.54) is 0 Å². The molecule has 4 rings (SSSR count). The molecule has 0 atom stereocenters. The van der Waals surface area contributed by atoms with Crippen LogP contribution in [0.15, 0.2) is 66.7 Å². The van der Waals surface area contributed by atoms with Gasteiger partial charge in [-0.05, 0) is 36.4 Å². The third kappa shape index (κ3) is 4.52. The number of rotatable bonds is 4. The predicted octanol–water partition coefficient (Wildman–Crippen LogP) is 3.55. The average Bonchev–Trinajstić information content (AvgIpc) is 2.73. The van der Waals surface area contributed by atoms with Crippen molar-refractivity contribution in [3.63, 3.8) is 0 Å². The summed E-state index contributed by atoms with van der Waals surface area (Å²) < 4.78 is 30.8. The van der Waals surface area contributed by atoms with Gasteiger partial charge in [-0.2, -0.15) is 0 Å². The first kappa shape index (κ1) is 19.7. The zero-order valence-corrected chi connectivity index (χ0v) is 17.0. The van der Waals surface area contributed by atoms with Crippen molar-refractivity contribution in [1.82, 2.24) is 4.98 Å². The van der Waals surface area contributed by atoms with Crippen molar-refractivity contribution in [2.24, 2.45) is 0 Å². The van der Waals surface area contributed by atoms with Crippen LogP contribution in [0.1, 0.15) is 0 Å². The molecule has 0 aliphatic carbocycles. The summed E-state index contributed by atoms with van der Waals surface area (Å²) >= 11 is 0. The molecule has 2 heterocycles. The van der Waals surface area contributed by atoms with Crippen molar-refractivity contribution in [3.8, 4) is 17.0 Å². The van der Waals surface area contributed by atoms with Crippen LogP contribution < -0.4 is 19.7 Å². The van der Waals surface area contributed by atoms with Crippen molar-refractivity contribution in [2.45, 2.75) is 0 Å². The van der Waals surface area contributed by atoms with E-state index in [0.29, 0.717) is 41.8 Å². The summed E-state index contributed by atoms with van der Waals surface area (Å²) in [6.07, 6.45) is 1.10. The number of amides is 2. The van der Waals surface area contributed by atoms with Crippen LogP contribution in [-0.2, 0) is 10.0 Å². The van der Waals surface area contributed by atoms with E-state index in [1.807, 2.05) is 30.3 Å². The zero-order chi connectivity index (χ0) is 21.1. The second kappa shape index (κ2) is 8.03. The number of sulfonamides is 1. The van der Waals surface area contributed by atoms with Crippen LogP contribution >= 0.6 is 0 Å². The molecule has 1 aliphatic heterocycles. The number of nitrogens with zero attached hydrogens (tertiary/aromatic N) is 2. The molecule has 0 fully saturated rings. The Bertz CT molecular complexity index is 1170. The number of urea groups is 1. The van der Waals surface area contributed by atoms with Gasteiger partial charge < -0.3 is 10.1 Å². The molecule has 3 aromatic rings. The third-order valence-electron chi connectivity index (χ3n) is 4.42. The molecular weight excluding hydrogens is 404 g/mol. The van der Waals surface area contributed by atoms with Crippen LogP contribution in [0.4, 0.5) is 22.0 Å². The maximum atomic E-state index is 12.8. The van der Waals surface area contributed by atoms with Crippen LogP contribution in [0.3, 0.4) is 0 Å². The van der Waals surface area contributed by atoms with Gasteiger partial charge in [-0.3, -0.25) is 9.62 Å². The molecule has 0 saturated carbocycles. The minimum Gasteiger partial charge on any atom is -0.488 e. The van der Waals surface area contributed by atoms with E-state index < -0.39 is 10.0 Å². The highest BCUT2D eigenvalue weighted by Crippen LogP contribution is 2.33. The number of fused-ring (bicyclic) bond motifs is 1. The second-order valence-electron chi connectivity index (χ2n) is 6.77. The Balaban J connectivity index is 1.60. The Morgan fingerprint density at radius 3 is 2.43 bits per heavy atom. The largest absolute Gasteiger partial charge is 0.488 e. The molecule has 2 amide bonds. The molecule has 0 radical (unpaired) electrons. The highest BCUT2D eigenvalue weighted by atomic mass is 32.2. The molecule has 0 saturated heterocycles. The highest BCUT2D eigenvalue weighted by molar-refractivity contribution is 7.92. The van der Waals surface area contributed by atoms with Crippen molar-refractivity contribution >= 4 is 33.2 Å². The van der Waals surface area contributed by atoms with E-state index >= 15 is 0 Å². The van der Waals surface area contributed by atoms with E-state index in [4.69, 9.17) is 4.74 Å². The lowest BCUT2D eigenvalue weighted by Gasteiger charge is -2.28. The summed E-state index contributed by atoms with van der Waals surface area (Å²) in [6.45, 7) is 0.751. The van der Waals surface area contributed by atoms with Crippen molar-refractivity contribution in [2.75, 3.05) is 34.3 Å². The van der Waals surface area contributed by atoms with Crippen molar-refractivity contribution in [3.05, 3.63) is 66.7 Å².